The zero-order chi connectivity index (χ0) is 17.0. The molecule has 0 unspecified atom stereocenters. The van der Waals surface area contributed by atoms with Gasteiger partial charge in [0.25, 0.3) is 0 Å². The molecule has 0 amide bonds. The minimum absolute atomic E-state index is 0. The van der Waals surface area contributed by atoms with Crippen LogP contribution in [0.5, 0.6) is 11.5 Å². The van der Waals surface area contributed by atoms with Crippen LogP contribution in [0.2, 0.25) is 0 Å². The fourth-order valence-corrected chi connectivity index (χ4v) is 4.01. The Balaban J connectivity index is 0.00000225. The van der Waals surface area contributed by atoms with Gasteiger partial charge in [-0.2, -0.15) is 4.31 Å². The second-order valence-corrected chi connectivity index (χ2v) is 7.36. The van der Waals surface area contributed by atoms with Gasteiger partial charge in [-0.3, -0.25) is 0 Å². The molecular weight excluding hydrogens is 364 g/mol. The minimum atomic E-state index is -3.68. The van der Waals surface area contributed by atoms with Crippen LogP contribution in [0.3, 0.4) is 0 Å². The maximum absolute atomic E-state index is 13.0. The van der Waals surface area contributed by atoms with Crippen molar-refractivity contribution in [2.45, 2.75) is 11.4 Å². The minimum Gasteiger partial charge on any atom is -0.486 e. The fraction of sp³-hybridized carbons (Fsp3) is 0.294. The Bertz CT molecular complexity index is 800. The van der Waals surface area contributed by atoms with Gasteiger partial charge < -0.3 is 15.2 Å². The molecule has 3 rings (SSSR count). The Labute approximate surface area is 154 Å². The highest BCUT2D eigenvalue weighted by atomic mass is 35.5. The standard InChI is InChI=1S/C17H20N2O4S.ClH/c18-8-9-19(13-14-4-2-1-3-5-14)24(20,21)15-6-7-16-17(12-15)23-11-10-22-16;/h1-7,12H,8-11,13,18H2;1H. The summed E-state index contributed by atoms with van der Waals surface area (Å²) in [5.74, 6) is 1.02. The molecule has 2 aromatic carbocycles. The van der Waals surface area contributed by atoms with Crippen molar-refractivity contribution in [3.63, 3.8) is 0 Å². The lowest BCUT2D eigenvalue weighted by Crippen LogP contribution is -2.35. The molecule has 0 aromatic heterocycles. The maximum atomic E-state index is 13.0. The van der Waals surface area contributed by atoms with E-state index in [-0.39, 0.29) is 36.9 Å². The van der Waals surface area contributed by atoms with E-state index in [1.54, 1.807) is 6.07 Å². The van der Waals surface area contributed by atoms with Crippen LogP contribution in [0.25, 0.3) is 0 Å². The molecule has 0 fully saturated rings. The van der Waals surface area contributed by atoms with E-state index in [2.05, 4.69) is 0 Å². The van der Waals surface area contributed by atoms with Crippen LogP contribution in [0.15, 0.2) is 53.4 Å². The highest BCUT2D eigenvalue weighted by Crippen LogP contribution is 2.33. The molecule has 2 N–H and O–H groups in total. The van der Waals surface area contributed by atoms with Crippen LogP contribution in [-0.4, -0.2) is 39.0 Å². The summed E-state index contributed by atoms with van der Waals surface area (Å²) in [5.41, 5.74) is 6.53. The summed E-state index contributed by atoms with van der Waals surface area (Å²) in [4.78, 5) is 0.177. The third-order valence-electron chi connectivity index (χ3n) is 3.73. The quantitative estimate of drug-likeness (QED) is 0.824. The summed E-state index contributed by atoms with van der Waals surface area (Å²) in [7, 11) is -3.68. The molecule has 8 heteroatoms. The first kappa shape index (κ1) is 19.5. The zero-order valence-corrected chi connectivity index (χ0v) is 15.3. The molecule has 0 bridgehead atoms. The third-order valence-corrected chi connectivity index (χ3v) is 5.57. The molecule has 2 aromatic rings. The van der Waals surface area contributed by atoms with E-state index in [1.807, 2.05) is 30.3 Å². The van der Waals surface area contributed by atoms with Crippen molar-refractivity contribution in [1.29, 1.82) is 0 Å². The van der Waals surface area contributed by atoms with Crippen LogP contribution in [-0.2, 0) is 16.6 Å². The van der Waals surface area contributed by atoms with Crippen molar-refractivity contribution in [3.05, 3.63) is 54.1 Å². The van der Waals surface area contributed by atoms with Gasteiger partial charge in [-0.15, -0.1) is 12.4 Å². The Morgan fingerprint density at radius 3 is 2.36 bits per heavy atom. The summed E-state index contributed by atoms with van der Waals surface area (Å²) < 4.78 is 38.3. The van der Waals surface area contributed by atoms with E-state index in [1.165, 1.54) is 16.4 Å². The lowest BCUT2D eigenvalue weighted by molar-refractivity contribution is 0.171. The fourth-order valence-electron chi connectivity index (χ4n) is 2.55. The lowest BCUT2D eigenvalue weighted by atomic mass is 10.2. The van der Waals surface area contributed by atoms with Crippen molar-refractivity contribution >= 4 is 22.4 Å². The number of hydrogen-bond acceptors (Lipinski definition) is 5. The molecule has 0 saturated heterocycles. The molecule has 0 saturated carbocycles. The molecule has 1 heterocycles. The van der Waals surface area contributed by atoms with Gasteiger partial charge in [0.2, 0.25) is 10.0 Å². The largest absolute Gasteiger partial charge is 0.486 e. The van der Waals surface area contributed by atoms with E-state index >= 15 is 0 Å². The average molecular weight is 385 g/mol. The summed E-state index contributed by atoms with van der Waals surface area (Å²) in [5, 5.41) is 0. The van der Waals surface area contributed by atoms with E-state index in [4.69, 9.17) is 15.2 Å². The SMILES string of the molecule is Cl.NCCN(Cc1ccccc1)S(=O)(=O)c1ccc2c(c1)OCCO2. The molecule has 0 radical (unpaired) electrons. The molecular formula is C17H21ClN2O4S. The first-order valence-corrected chi connectivity index (χ1v) is 9.19. The van der Waals surface area contributed by atoms with E-state index < -0.39 is 10.0 Å². The van der Waals surface area contributed by atoms with Gasteiger partial charge in [-0.1, -0.05) is 30.3 Å². The third kappa shape index (κ3) is 4.43. The number of hydrogen-bond donors (Lipinski definition) is 1. The molecule has 1 aliphatic heterocycles. The van der Waals surface area contributed by atoms with Gasteiger partial charge >= 0.3 is 0 Å². The number of ether oxygens (including phenoxy) is 2. The van der Waals surface area contributed by atoms with Gasteiger partial charge in [0.1, 0.15) is 13.2 Å². The normalized spacial score (nSPS) is 13.4. The Hall–Kier alpha value is -1.80. The predicted molar refractivity (Wildman–Crippen MR) is 97.8 cm³/mol. The van der Waals surface area contributed by atoms with Gasteiger partial charge in [0.05, 0.1) is 4.90 Å². The second-order valence-electron chi connectivity index (χ2n) is 5.42. The molecule has 0 aliphatic carbocycles. The van der Waals surface area contributed by atoms with Gasteiger partial charge in [0.15, 0.2) is 11.5 Å². The van der Waals surface area contributed by atoms with Gasteiger partial charge in [-0.05, 0) is 17.7 Å². The van der Waals surface area contributed by atoms with Crippen LogP contribution in [0, 0.1) is 0 Å². The van der Waals surface area contributed by atoms with Crippen molar-refractivity contribution in [2.24, 2.45) is 5.73 Å². The lowest BCUT2D eigenvalue weighted by Gasteiger charge is -2.23. The number of fused-ring (bicyclic) bond motifs is 1. The van der Waals surface area contributed by atoms with E-state index in [0.717, 1.165) is 5.56 Å². The smallest absolute Gasteiger partial charge is 0.243 e. The topological polar surface area (TPSA) is 81.9 Å². The van der Waals surface area contributed by atoms with E-state index in [0.29, 0.717) is 24.7 Å². The number of sulfonamides is 1. The maximum Gasteiger partial charge on any atom is 0.243 e. The molecule has 0 spiro atoms. The van der Waals surface area contributed by atoms with E-state index in [9.17, 15) is 8.42 Å². The van der Waals surface area contributed by atoms with Crippen LogP contribution in [0.1, 0.15) is 5.56 Å². The van der Waals surface area contributed by atoms with Gasteiger partial charge in [-0.25, -0.2) is 8.42 Å². The Morgan fingerprint density at radius 2 is 1.68 bits per heavy atom. The molecule has 136 valence electrons. The van der Waals surface area contributed by atoms with Crippen LogP contribution >= 0.6 is 12.4 Å². The van der Waals surface area contributed by atoms with Crippen LogP contribution in [0.4, 0.5) is 0 Å². The summed E-state index contributed by atoms with van der Waals surface area (Å²) in [6.45, 7) is 1.64. The molecule has 6 nitrogen and oxygen atoms in total. The highest BCUT2D eigenvalue weighted by molar-refractivity contribution is 7.89. The first-order chi connectivity index (χ1) is 11.6. The van der Waals surface area contributed by atoms with Crippen molar-refractivity contribution in [1.82, 2.24) is 4.31 Å². The predicted octanol–water partition coefficient (Wildman–Crippen LogP) is 2.03. The van der Waals surface area contributed by atoms with Crippen LogP contribution < -0.4 is 15.2 Å². The number of benzene rings is 2. The number of halogens is 1. The second kappa shape index (κ2) is 8.53. The van der Waals surface area contributed by atoms with Crippen molar-refractivity contribution < 1.29 is 17.9 Å². The number of nitrogens with zero attached hydrogens (tertiary/aromatic N) is 1. The summed E-state index contributed by atoms with van der Waals surface area (Å²) >= 11 is 0. The molecule has 0 atom stereocenters. The Morgan fingerprint density at radius 1 is 1.00 bits per heavy atom. The number of rotatable bonds is 6. The zero-order valence-electron chi connectivity index (χ0n) is 13.6. The number of nitrogens with two attached hydrogens (primary N) is 1. The van der Waals surface area contributed by atoms with Crippen molar-refractivity contribution in [3.8, 4) is 11.5 Å². The highest BCUT2D eigenvalue weighted by Gasteiger charge is 2.26. The average Bonchev–Trinajstić information content (AvgIpc) is 2.62. The van der Waals surface area contributed by atoms with Gasteiger partial charge in [0, 0.05) is 25.7 Å². The summed E-state index contributed by atoms with van der Waals surface area (Å²) in [6.07, 6.45) is 0. The first-order valence-electron chi connectivity index (χ1n) is 7.75. The molecule has 1 aliphatic rings. The monoisotopic (exact) mass is 384 g/mol. The van der Waals surface area contributed by atoms with Crippen molar-refractivity contribution in [2.75, 3.05) is 26.3 Å². The molecule has 25 heavy (non-hydrogen) atoms. The Kier molecular flexibility index (Phi) is 6.66. The summed E-state index contributed by atoms with van der Waals surface area (Å²) in [6, 6.07) is 14.1.